The van der Waals surface area contributed by atoms with Crippen molar-refractivity contribution in [2.75, 3.05) is 24.9 Å². The Balaban J connectivity index is 1.39. The number of anilines is 2. The highest BCUT2D eigenvalue weighted by molar-refractivity contribution is 6.01. The number of rotatable bonds is 14. The first-order valence-corrected chi connectivity index (χ1v) is 17.6. The van der Waals surface area contributed by atoms with Crippen molar-refractivity contribution in [1.82, 2.24) is 29.9 Å². The summed E-state index contributed by atoms with van der Waals surface area (Å²) in [5.41, 5.74) is 6.34. The smallest absolute Gasteiger partial charge is 0.152 e. The van der Waals surface area contributed by atoms with Gasteiger partial charge in [-0.1, -0.05) is 60.7 Å². The maximum Gasteiger partial charge on any atom is 0.152 e. The number of fused-ring (bicyclic) bond motifs is 2. The summed E-state index contributed by atoms with van der Waals surface area (Å²) in [5.74, 6) is -0.411. The van der Waals surface area contributed by atoms with Gasteiger partial charge in [0.1, 0.15) is 24.2 Å². The third kappa shape index (κ3) is 6.58. The number of nitrogens with zero attached hydrogens (tertiary/aromatic N) is 4. The molecule has 0 saturated carbocycles. The van der Waals surface area contributed by atoms with Crippen LogP contribution in [0.2, 0.25) is 0 Å². The molecule has 4 unspecified atom stereocenters. The van der Waals surface area contributed by atoms with Crippen molar-refractivity contribution in [1.29, 1.82) is 0 Å². The predicted octanol–water partition coefficient (Wildman–Crippen LogP) is 8.39. The minimum atomic E-state index is -0.803. The number of benzene rings is 4. The Morgan fingerprint density at radius 3 is 1.37 bits per heavy atom. The number of aromatic amines is 2. The van der Waals surface area contributed by atoms with Gasteiger partial charge in [0.05, 0.1) is 49.5 Å². The summed E-state index contributed by atoms with van der Waals surface area (Å²) in [5, 5.41) is 9.29. The number of hydrogen-bond donors (Lipinski definition) is 4. The molecule has 54 heavy (non-hydrogen) atoms. The number of ether oxygens (including phenoxy) is 2. The van der Waals surface area contributed by atoms with Crippen molar-refractivity contribution < 1.29 is 14.3 Å². The quantitative estimate of drug-likeness (QED) is 0.0874. The number of hydrogen-bond acceptors (Lipinski definition) is 9. The molecule has 8 rings (SSSR count). The number of aromatic nitrogens is 6. The maximum absolute atomic E-state index is 16.4. The van der Waals surface area contributed by atoms with E-state index in [9.17, 15) is 0 Å². The van der Waals surface area contributed by atoms with Crippen LogP contribution in [0, 0.1) is 0 Å². The molecule has 268 valence electrons. The fourth-order valence-corrected chi connectivity index (χ4v) is 7.41. The van der Waals surface area contributed by atoms with Crippen molar-refractivity contribution in [3.63, 3.8) is 0 Å². The third-order valence-electron chi connectivity index (χ3n) is 9.91. The second-order valence-corrected chi connectivity index (χ2v) is 12.9. The first-order valence-electron chi connectivity index (χ1n) is 17.6. The number of nitrogens with one attached hydrogen (secondary N) is 4. The summed E-state index contributed by atoms with van der Waals surface area (Å²) in [6.07, 6.45) is 13.9. The SMILES string of the molecule is COc1ccccc1NC(c1cncnc1)C(C(=O)C(c1c[nH]c2ccccc12)C(Nc1ccccc1OC)c1cncnc1)c1c[nH]c2ccccc12. The van der Waals surface area contributed by atoms with Crippen LogP contribution in [0.15, 0.2) is 147 Å². The van der Waals surface area contributed by atoms with Gasteiger partial charge in [0.2, 0.25) is 0 Å². The fraction of sp³-hybridized carbons (Fsp3) is 0.140. The van der Waals surface area contributed by atoms with Gasteiger partial charge in [-0.2, -0.15) is 0 Å². The fourth-order valence-electron chi connectivity index (χ4n) is 7.41. The molecule has 0 aliphatic rings. The lowest BCUT2D eigenvalue weighted by Gasteiger charge is -2.35. The van der Waals surface area contributed by atoms with E-state index in [1.807, 2.05) is 109 Å². The van der Waals surface area contributed by atoms with Crippen molar-refractivity contribution in [3.8, 4) is 11.5 Å². The molecule has 4 atom stereocenters. The zero-order chi connectivity index (χ0) is 36.9. The molecule has 0 aliphatic heterocycles. The summed E-state index contributed by atoms with van der Waals surface area (Å²) in [6, 6.07) is 30.1. The topological polar surface area (TPSA) is 143 Å². The molecule has 0 amide bonds. The van der Waals surface area contributed by atoms with E-state index < -0.39 is 23.9 Å². The summed E-state index contributed by atoms with van der Waals surface area (Å²) < 4.78 is 11.6. The first kappa shape index (κ1) is 34.1. The number of para-hydroxylation sites is 6. The van der Waals surface area contributed by atoms with Gasteiger partial charge in [-0.15, -0.1) is 0 Å². The van der Waals surface area contributed by atoms with Crippen LogP contribution in [-0.4, -0.2) is 49.9 Å². The zero-order valence-electron chi connectivity index (χ0n) is 29.7. The van der Waals surface area contributed by atoms with Gasteiger partial charge in [-0.25, -0.2) is 19.9 Å². The molecule has 4 N–H and O–H groups in total. The van der Waals surface area contributed by atoms with Crippen LogP contribution in [0.5, 0.6) is 11.5 Å². The molecule has 0 bridgehead atoms. The molecule has 0 aliphatic carbocycles. The van der Waals surface area contributed by atoms with Crippen LogP contribution >= 0.6 is 0 Å². The lowest BCUT2D eigenvalue weighted by atomic mass is 9.74. The molecule has 11 nitrogen and oxygen atoms in total. The molecule has 0 saturated heterocycles. The van der Waals surface area contributed by atoms with Crippen molar-refractivity contribution in [2.45, 2.75) is 23.9 Å². The largest absolute Gasteiger partial charge is 0.495 e. The summed E-state index contributed by atoms with van der Waals surface area (Å²) >= 11 is 0. The second-order valence-electron chi connectivity index (χ2n) is 12.9. The molecule has 4 heterocycles. The number of H-pyrrole nitrogens is 2. The van der Waals surface area contributed by atoms with Gasteiger partial charge >= 0.3 is 0 Å². The monoisotopic (exact) mass is 714 g/mol. The molecule has 0 fully saturated rings. The Morgan fingerprint density at radius 1 is 0.556 bits per heavy atom. The lowest BCUT2D eigenvalue weighted by Crippen LogP contribution is -2.34. The molecular formula is C43H38N8O3. The van der Waals surface area contributed by atoms with Gasteiger partial charge in [-0.3, -0.25) is 4.79 Å². The highest BCUT2D eigenvalue weighted by atomic mass is 16.5. The van der Waals surface area contributed by atoms with E-state index in [0.29, 0.717) is 11.5 Å². The number of Topliss-reactive ketones (excluding diaryl/α,β-unsaturated/α-hetero) is 1. The van der Waals surface area contributed by atoms with Gasteiger partial charge in [0.15, 0.2) is 5.78 Å². The molecule has 4 aromatic heterocycles. The average Bonchev–Trinajstić information content (AvgIpc) is 3.86. The van der Waals surface area contributed by atoms with Gasteiger partial charge < -0.3 is 30.1 Å². The van der Waals surface area contributed by atoms with Gasteiger partial charge in [-0.05, 0) is 47.5 Å². The zero-order valence-corrected chi connectivity index (χ0v) is 29.7. The van der Waals surface area contributed by atoms with Crippen LogP contribution in [0.25, 0.3) is 21.8 Å². The van der Waals surface area contributed by atoms with Crippen molar-refractivity contribution in [2.24, 2.45) is 0 Å². The Bertz CT molecular complexity index is 2330. The molecule has 11 heteroatoms. The minimum Gasteiger partial charge on any atom is -0.495 e. The summed E-state index contributed by atoms with van der Waals surface area (Å²) in [4.78, 5) is 41.0. The molecular weight excluding hydrogens is 677 g/mol. The van der Waals surface area contributed by atoms with Crippen LogP contribution in [0.3, 0.4) is 0 Å². The van der Waals surface area contributed by atoms with E-state index in [-0.39, 0.29) is 5.78 Å². The molecule has 4 aromatic carbocycles. The van der Waals surface area contributed by atoms with Crippen molar-refractivity contribution >= 4 is 39.0 Å². The van der Waals surface area contributed by atoms with E-state index in [1.54, 1.807) is 39.0 Å². The first-order chi connectivity index (χ1) is 26.6. The molecule has 8 aromatic rings. The minimum absolute atomic E-state index is 0.0722. The van der Waals surface area contributed by atoms with Crippen LogP contribution in [0.1, 0.15) is 46.2 Å². The number of carbonyl (C=O) groups is 1. The van der Waals surface area contributed by atoms with E-state index >= 15 is 4.79 Å². The third-order valence-corrected chi connectivity index (χ3v) is 9.91. The summed E-state index contributed by atoms with van der Waals surface area (Å²) in [6.45, 7) is 0. The second kappa shape index (κ2) is 15.3. The molecule has 0 spiro atoms. The van der Waals surface area contributed by atoms with E-state index in [2.05, 4.69) is 40.5 Å². The normalized spacial score (nSPS) is 13.5. The van der Waals surface area contributed by atoms with E-state index in [4.69, 9.17) is 9.47 Å². The van der Waals surface area contributed by atoms with Crippen LogP contribution in [0.4, 0.5) is 11.4 Å². The van der Waals surface area contributed by atoms with Crippen LogP contribution in [-0.2, 0) is 4.79 Å². The molecule has 0 radical (unpaired) electrons. The highest BCUT2D eigenvalue weighted by Gasteiger charge is 2.43. The van der Waals surface area contributed by atoms with Gasteiger partial charge in [0, 0.05) is 70.1 Å². The van der Waals surface area contributed by atoms with Gasteiger partial charge in [0.25, 0.3) is 0 Å². The number of carbonyl (C=O) groups excluding carboxylic acids is 1. The van der Waals surface area contributed by atoms with E-state index in [0.717, 1.165) is 55.4 Å². The maximum atomic E-state index is 16.4. The standard InChI is InChI=1S/C43H38N8O3/c1-53-37-17-9-7-15-35(37)50-41(27-19-44-25-45-20-27)39(31-23-48-33-13-5-3-11-29(31)33)43(52)40(32-24-49-34-14-6-4-12-30(32)34)42(28-21-46-26-47-22-28)51-36-16-8-10-18-38(36)54-2/h3-26,39-42,48-51H,1-2H3. The number of methoxy groups -OCH3 is 2. The van der Waals surface area contributed by atoms with Crippen LogP contribution < -0.4 is 20.1 Å². The lowest BCUT2D eigenvalue weighted by molar-refractivity contribution is -0.122. The Hall–Kier alpha value is -7.01. The highest BCUT2D eigenvalue weighted by Crippen LogP contribution is 2.47. The van der Waals surface area contributed by atoms with Crippen molar-refractivity contribution in [3.05, 3.63) is 169 Å². The summed E-state index contributed by atoms with van der Waals surface area (Å²) in [7, 11) is 3.26. The number of ketones is 1. The Morgan fingerprint density at radius 2 is 0.944 bits per heavy atom. The predicted molar refractivity (Wildman–Crippen MR) is 210 cm³/mol. The Kier molecular flexibility index (Phi) is 9.66. The average molecular weight is 715 g/mol. The van der Waals surface area contributed by atoms with E-state index in [1.165, 1.54) is 12.7 Å². The Labute approximate surface area is 311 Å².